The highest BCUT2D eigenvalue weighted by Crippen LogP contribution is 2.35. The first kappa shape index (κ1) is 25.9. The molecule has 2 heterocycles. The lowest BCUT2D eigenvalue weighted by atomic mass is 9.96. The van der Waals surface area contributed by atoms with Crippen LogP contribution in [-0.2, 0) is 13.0 Å². The maximum atomic E-state index is 13.4. The molecule has 0 unspecified atom stereocenters. The van der Waals surface area contributed by atoms with Crippen LogP contribution in [0, 0.1) is 6.92 Å². The van der Waals surface area contributed by atoms with Crippen molar-refractivity contribution in [1.29, 1.82) is 0 Å². The lowest BCUT2D eigenvalue weighted by Gasteiger charge is -2.16. The molecular weight excluding hydrogens is 510 g/mol. The van der Waals surface area contributed by atoms with E-state index in [0.717, 1.165) is 23.1 Å². The first-order valence-corrected chi connectivity index (χ1v) is 12.2. The quantitative estimate of drug-likeness (QED) is 0.331. The molecule has 0 saturated carbocycles. The van der Waals surface area contributed by atoms with Gasteiger partial charge in [0, 0.05) is 18.2 Å². The SMILES string of the molecule is CC(=O)c1ccc2c(c1C)CC[C@@H]2NC(=O)c1cc(C(=O)NCc2cccc(OC(F)F)c2)nc2ncnn12. The van der Waals surface area contributed by atoms with Gasteiger partial charge >= 0.3 is 6.61 Å². The number of carbonyl (C=O) groups excluding carboxylic acids is 3. The van der Waals surface area contributed by atoms with Crippen molar-refractivity contribution in [3.05, 3.63) is 88.0 Å². The van der Waals surface area contributed by atoms with Crippen LogP contribution in [0.15, 0.2) is 48.8 Å². The Balaban J connectivity index is 1.35. The molecule has 1 aliphatic rings. The van der Waals surface area contributed by atoms with E-state index in [9.17, 15) is 23.2 Å². The number of rotatable bonds is 8. The van der Waals surface area contributed by atoms with Gasteiger partial charge in [0.25, 0.3) is 17.6 Å². The molecule has 0 bridgehead atoms. The lowest BCUT2D eigenvalue weighted by Crippen LogP contribution is -2.30. The smallest absolute Gasteiger partial charge is 0.387 e. The van der Waals surface area contributed by atoms with Crippen LogP contribution in [0.1, 0.15) is 73.0 Å². The minimum absolute atomic E-state index is 0.00634. The summed E-state index contributed by atoms with van der Waals surface area (Å²) in [6, 6.07) is 10.6. The topological polar surface area (TPSA) is 128 Å². The number of alkyl halides is 2. The molecule has 1 aliphatic carbocycles. The summed E-state index contributed by atoms with van der Waals surface area (Å²) in [5.74, 6) is -1.03. The molecule has 12 heteroatoms. The van der Waals surface area contributed by atoms with E-state index in [1.54, 1.807) is 12.1 Å². The predicted molar refractivity (Wildman–Crippen MR) is 135 cm³/mol. The van der Waals surface area contributed by atoms with E-state index < -0.39 is 18.4 Å². The van der Waals surface area contributed by atoms with Crippen LogP contribution in [0.5, 0.6) is 5.75 Å². The Labute approximate surface area is 221 Å². The Bertz CT molecular complexity index is 1600. The van der Waals surface area contributed by atoms with Crippen LogP contribution < -0.4 is 15.4 Å². The van der Waals surface area contributed by atoms with E-state index in [1.807, 2.05) is 13.0 Å². The summed E-state index contributed by atoms with van der Waals surface area (Å²) in [6.07, 6.45) is 2.61. The fraction of sp³-hybridized carbons (Fsp3) is 0.259. The molecule has 1 atom stereocenters. The number of ether oxygens (including phenoxy) is 1. The van der Waals surface area contributed by atoms with Crippen molar-refractivity contribution >= 4 is 23.4 Å². The van der Waals surface area contributed by atoms with E-state index in [4.69, 9.17) is 0 Å². The highest BCUT2D eigenvalue weighted by atomic mass is 19.3. The number of carbonyl (C=O) groups is 3. The zero-order valence-electron chi connectivity index (χ0n) is 21.1. The third-order valence-electron chi connectivity index (χ3n) is 6.67. The van der Waals surface area contributed by atoms with Crippen LogP contribution in [-0.4, -0.2) is 43.8 Å². The van der Waals surface area contributed by atoms with Crippen molar-refractivity contribution in [3.63, 3.8) is 0 Å². The van der Waals surface area contributed by atoms with Gasteiger partial charge in [0.15, 0.2) is 5.78 Å². The first-order valence-electron chi connectivity index (χ1n) is 12.2. The Kier molecular flexibility index (Phi) is 7.01. The number of hydrogen-bond acceptors (Lipinski definition) is 7. The highest BCUT2D eigenvalue weighted by Gasteiger charge is 2.28. The zero-order valence-corrected chi connectivity index (χ0v) is 21.1. The minimum atomic E-state index is -2.96. The van der Waals surface area contributed by atoms with Crippen LogP contribution >= 0.6 is 0 Å². The van der Waals surface area contributed by atoms with Crippen LogP contribution in [0.3, 0.4) is 0 Å². The summed E-state index contributed by atoms with van der Waals surface area (Å²) in [5, 5.41) is 9.74. The van der Waals surface area contributed by atoms with E-state index >= 15 is 0 Å². The molecule has 39 heavy (non-hydrogen) atoms. The molecule has 0 saturated heterocycles. The van der Waals surface area contributed by atoms with Crippen molar-refractivity contribution in [1.82, 2.24) is 30.2 Å². The molecule has 2 amide bonds. The van der Waals surface area contributed by atoms with Gasteiger partial charge in [0.2, 0.25) is 0 Å². The Morgan fingerprint density at radius 3 is 2.74 bits per heavy atom. The minimum Gasteiger partial charge on any atom is -0.435 e. The average Bonchev–Trinajstić information content (AvgIpc) is 3.54. The number of amides is 2. The van der Waals surface area contributed by atoms with Crippen molar-refractivity contribution in [2.75, 3.05) is 0 Å². The molecular formula is C27H24F2N6O4. The number of nitrogens with one attached hydrogen (secondary N) is 2. The maximum Gasteiger partial charge on any atom is 0.387 e. The van der Waals surface area contributed by atoms with E-state index in [2.05, 4.69) is 30.4 Å². The number of Topliss-reactive ketones (excluding diaryl/α,β-unsaturated/α-hetero) is 1. The summed E-state index contributed by atoms with van der Waals surface area (Å²) in [6.45, 7) is 0.496. The normalized spacial score (nSPS) is 14.3. The maximum absolute atomic E-state index is 13.4. The summed E-state index contributed by atoms with van der Waals surface area (Å²) in [4.78, 5) is 46.4. The molecule has 10 nitrogen and oxygen atoms in total. The molecule has 5 rings (SSSR count). The van der Waals surface area contributed by atoms with E-state index in [0.29, 0.717) is 17.5 Å². The Hall–Kier alpha value is -4.74. The molecule has 0 aliphatic heterocycles. The second-order valence-electron chi connectivity index (χ2n) is 9.13. The average molecular weight is 535 g/mol. The molecule has 0 spiro atoms. The monoisotopic (exact) mass is 534 g/mol. The molecule has 0 fully saturated rings. The number of hydrogen-bond donors (Lipinski definition) is 2. The van der Waals surface area contributed by atoms with Gasteiger partial charge in [0.05, 0.1) is 6.04 Å². The second-order valence-corrected chi connectivity index (χ2v) is 9.13. The largest absolute Gasteiger partial charge is 0.435 e. The fourth-order valence-electron chi connectivity index (χ4n) is 4.84. The fourth-order valence-corrected chi connectivity index (χ4v) is 4.84. The van der Waals surface area contributed by atoms with Crippen LogP contribution in [0.25, 0.3) is 5.78 Å². The van der Waals surface area contributed by atoms with Crippen molar-refractivity contribution in [2.45, 2.75) is 45.9 Å². The highest BCUT2D eigenvalue weighted by molar-refractivity contribution is 5.98. The third kappa shape index (κ3) is 5.31. The third-order valence-corrected chi connectivity index (χ3v) is 6.67. The van der Waals surface area contributed by atoms with Crippen LogP contribution in [0.4, 0.5) is 8.78 Å². The van der Waals surface area contributed by atoms with Gasteiger partial charge in [-0.05, 0) is 61.1 Å². The van der Waals surface area contributed by atoms with Crippen LogP contribution in [0.2, 0.25) is 0 Å². The first-order chi connectivity index (χ1) is 18.7. The number of aromatic nitrogens is 4. The van der Waals surface area contributed by atoms with Gasteiger partial charge in [0.1, 0.15) is 23.5 Å². The van der Waals surface area contributed by atoms with Gasteiger partial charge < -0.3 is 15.4 Å². The molecule has 2 aromatic carbocycles. The lowest BCUT2D eigenvalue weighted by molar-refractivity contribution is -0.0499. The molecule has 200 valence electrons. The number of nitrogens with zero attached hydrogens (tertiary/aromatic N) is 4. The molecule has 2 N–H and O–H groups in total. The summed E-state index contributed by atoms with van der Waals surface area (Å²) >= 11 is 0. The van der Waals surface area contributed by atoms with Gasteiger partial charge in [-0.1, -0.05) is 24.3 Å². The summed E-state index contributed by atoms with van der Waals surface area (Å²) < 4.78 is 30.6. The number of halogens is 2. The van der Waals surface area contributed by atoms with Crippen molar-refractivity contribution < 1.29 is 27.9 Å². The van der Waals surface area contributed by atoms with Crippen molar-refractivity contribution in [3.8, 4) is 5.75 Å². The van der Waals surface area contributed by atoms with Gasteiger partial charge in [-0.25, -0.2) is 4.98 Å². The summed E-state index contributed by atoms with van der Waals surface area (Å²) in [7, 11) is 0. The van der Waals surface area contributed by atoms with Crippen molar-refractivity contribution in [2.24, 2.45) is 0 Å². The van der Waals surface area contributed by atoms with E-state index in [-0.39, 0.29) is 41.3 Å². The molecule has 4 aromatic rings. The predicted octanol–water partition coefficient (Wildman–Crippen LogP) is 3.58. The Morgan fingerprint density at radius 1 is 1.15 bits per heavy atom. The van der Waals surface area contributed by atoms with Gasteiger partial charge in [-0.2, -0.15) is 23.4 Å². The second kappa shape index (κ2) is 10.6. The Morgan fingerprint density at radius 2 is 1.97 bits per heavy atom. The van der Waals surface area contributed by atoms with Gasteiger partial charge in [-0.3, -0.25) is 14.4 Å². The van der Waals surface area contributed by atoms with Gasteiger partial charge in [-0.15, -0.1) is 0 Å². The number of benzene rings is 2. The molecule has 2 aromatic heterocycles. The molecule has 0 radical (unpaired) electrons. The number of ketones is 1. The standard InChI is InChI=1S/C27H24F2N6O4/c1-14-18(15(2)36)6-7-20-19(14)8-9-21(20)33-25(38)23-11-22(34-27-31-13-32-35(23)27)24(37)30-12-16-4-3-5-17(10-16)39-26(28)29/h3-7,10-11,13,21,26H,8-9,12H2,1-2H3,(H,30,37)(H,33,38)/t21-/m0/s1. The van der Waals surface area contributed by atoms with E-state index in [1.165, 1.54) is 42.0 Å². The number of fused-ring (bicyclic) bond motifs is 2. The summed E-state index contributed by atoms with van der Waals surface area (Å²) in [5.41, 5.74) is 4.14. The zero-order chi connectivity index (χ0) is 27.7.